The SMILES string of the molecule is CC1CCCC(C)C1N=C1CC(CO[Si](C)(C)C)C(CO[Si](C)(C)C)CC1=NC1C(C)CCCC1C.[Br][Ni][Br]. The van der Waals surface area contributed by atoms with Crippen molar-refractivity contribution in [3.63, 3.8) is 0 Å². The first-order valence-corrected chi connectivity index (χ1v) is 27.1. The van der Waals surface area contributed by atoms with E-state index in [9.17, 15) is 0 Å². The van der Waals surface area contributed by atoms with E-state index in [4.69, 9.17) is 18.8 Å². The van der Waals surface area contributed by atoms with Crippen molar-refractivity contribution in [2.75, 3.05) is 13.2 Å². The Hall–Kier alpha value is 1.15. The van der Waals surface area contributed by atoms with Crippen LogP contribution in [0.4, 0.5) is 0 Å². The van der Waals surface area contributed by atoms with Crippen molar-refractivity contribution >= 4 is 56.5 Å². The predicted molar refractivity (Wildman–Crippen MR) is 179 cm³/mol. The molecule has 0 radical (unpaired) electrons. The molecule has 6 unspecified atom stereocenters. The Morgan fingerprint density at radius 3 is 1.18 bits per heavy atom. The molecule has 0 bridgehead atoms. The topological polar surface area (TPSA) is 43.2 Å². The molecule has 0 heterocycles. The van der Waals surface area contributed by atoms with E-state index >= 15 is 0 Å². The molecule has 232 valence electrons. The summed E-state index contributed by atoms with van der Waals surface area (Å²) in [7, 11) is -1.93. The number of aliphatic imine (C=N–C) groups is 2. The van der Waals surface area contributed by atoms with Gasteiger partial charge in [-0.25, -0.2) is 0 Å². The van der Waals surface area contributed by atoms with Gasteiger partial charge in [-0.3, -0.25) is 9.98 Å². The zero-order valence-electron chi connectivity index (χ0n) is 26.5. The van der Waals surface area contributed by atoms with Crippen molar-refractivity contribution in [3.8, 4) is 0 Å². The summed E-state index contributed by atoms with van der Waals surface area (Å²) in [6.45, 7) is 25.2. The molecule has 0 saturated heterocycles. The van der Waals surface area contributed by atoms with Crippen LogP contribution in [0.5, 0.6) is 0 Å². The van der Waals surface area contributed by atoms with E-state index < -0.39 is 16.6 Å². The molecule has 39 heavy (non-hydrogen) atoms. The van der Waals surface area contributed by atoms with Gasteiger partial charge in [-0.15, -0.1) is 0 Å². The van der Waals surface area contributed by atoms with E-state index in [1.54, 1.807) is 0 Å². The molecule has 0 spiro atoms. The monoisotopic (exact) mass is 750 g/mol. The van der Waals surface area contributed by atoms with Gasteiger partial charge in [-0.2, -0.15) is 0 Å². The third-order valence-corrected chi connectivity index (χ3v) is 11.0. The van der Waals surface area contributed by atoms with E-state index in [1.807, 2.05) is 0 Å². The molecular weight excluding hydrogens is 695 g/mol. The average Bonchev–Trinajstić information content (AvgIpc) is 2.81. The summed E-state index contributed by atoms with van der Waals surface area (Å²) in [5.41, 5.74) is 2.64. The minimum atomic E-state index is -1.59. The normalized spacial score (nSPS) is 36.6. The van der Waals surface area contributed by atoms with E-state index in [0.717, 1.165) is 26.1 Å². The molecule has 3 fully saturated rings. The van der Waals surface area contributed by atoms with Gasteiger partial charge < -0.3 is 8.85 Å². The van der Waals surface area contributed by atoms with Gasteiger partial charge in [-0.1, -0.05) is 40.5 Å². The van der Waals surface area contributed by atoms with Crippen LogP contribution in [0.15, 0.2) is 9.98 Å². The Kier molecular flexibility index (Phi) is 15.7. The number of halogens is 2. The molecule has 3 saturated carbocycles. The van der Waals surface area contributed by atoms with Crippen molar-refractivity contribution < 1.29 is 19.7 Å². The first-order chi connectivity index (χ1) is 18.1. The Labute approximate surface area is 263 Å². The zero-order valence-corrected chi connectivity index (χ0v) is 32.6. The number of rotatable bonds is 8. The van der Waals surface area contributed by atoms with Crippen LogP contribution in [-0.2, 0) is 19.7 Å². The fraction of sp³-hybridized carbons (Fsp3) is 0.933. The first-order valence-electron chi connectivity index (χ1n) is 15.4. The molecule has 9 heteroatoms. The van der Waals surface area contributed by atoms with E-state index in [1.165, 1.54) is 60.8 Å². The summed E-state index contributed by atoms with van der Waals surface area (Å²) in [5, 5.41) is 0. The van der Waals surface area contributed by atoms with E-state index in [2.05, 4.69) is 95.4 Å². The van der Waals surface area contributed by atoms with Crippen LogP contribution in [0.3, 0.4) is 0 Å². The van der Waals surface area contributed by atoms with Crippen molar-refractivity contribution in [3.05, 3.63) is 0 Å². The summed E-state index contributed by atoms with van der Waals surface area (Å²) in [6.07, 6.45) is 9.96. The Balaban J connectivity index is 0.00000170. The van der Waals surface area contributed by atoms with E-state index in [-0.39, 0.29) is 0 Å². The second-order valence-corrected chi connectivity index (χ2v) is 28.7. The molecule has 3 rings (SSSR count). The second kappa shape index (κ2) is 16.8. The standard InChI is InChI=1S/C30H58N2O2Si2.2BrH.Ni/c1-21-13-11-14-22(2)29(21)31-27-17-25(19-33-35(5,6)7)26(20-34-36(8,9)10)18-28(27)32-30-23(3)15-12-16-24(30)4;;;/h21-26,29-30H,11-20H2,1-10H3;2*1H;/q;;;+2/p-2. The van der Waals surface area contributed by atoms with Crippen LogP contribution in [0, 0.1) is 35.5 Å². The van der Waals surface area contributed by atoms with Crippen LogP contribution in [0.25, 0.3) is 0 Å². The quantitative estimate of drug-likeness (QED) is 0.232. The van der Waals surface area contributed by atoms with Crippen molar-refractivity contribution in [2.24, 2.45) is 45.5 Å². The Bertz CT molecular complexity index is 719. The maximum absolute atomic E-state index is 6.53. The number of nitrogens with zero attached hydrogens (tertiary/aromatic N) is 2. The van der Waals surface area contributed by atoms with Crippen molar-refractivity contribution in [1.29, 1.82) is 0 Å². The maximum atomic E-state index is 6.53. The molecule has 3 aliphatic carbocycles. The van der Waals surface area contributed by atoms with Crippen molar-refractivity contribution in [2.45, 2.75) is 130 Å². The molecule has 0 N–H and O–H groups in total. The molecule has 3 aliphatic rings. The molecule has 0 aliphatic heterocycles. The summed E-state index contributed by atoms with van der Waals surface area (Å²) < 4.78 is 13.1. The molecule has 4 nitrogen and oxygen atoms in total. The molecular formula is C30H58Br2N2NiO2Si2. The third-order valence-electron chi connectivity index (χ3n) is 8.95. The number of hydrogen-bond donors (Lipinski definition) is 0. The van der Waals surface area contributed by atoms with E-state index in [0.29, 0.717) is 47.6 Å². The van der Waals surface area contributed by atoms with Gasteiger partial charge in [0.25, 0.3) is 0 Å². The Morgan fingerprint density at radius 2 is 0.923 bits per heavy atom. The summed E-state index contributed by atoms with van der Waals surface area (Å²) >= 11 is 6.00. The molecule has 6 atom stereocenters. The average molecular weight is 753 g/mol. The van der Waals surface area contributed by atoms with Crippen LogP contribution >= 0.6 is 28.5 Å². The van der Waals surface area contributed by atoms with Gasteiger partial charge in [0.2, 0.25) is 0 Å². The fourth-order valence-electron chi connectivity index (χ4n) is 6.62. The van der Waals surface area contributed by atoms with Gasteiger partial charge >= 0.3 is 39.3 Å². The third kappa shape index (κ3) is 12.7. The molecule has 0 aromatic rings. The van der Waals surface area contributed by atoms with Gasteiger partial charge in [0.1, 0.15) is 0 Å². The minimum absolute atomic E-state index is 0.438. The van der Waals surface area contributed by atoms with Crippen LogP contribution in [0.2, 0.25) is 39.3 Å². The van der Waals surface area contributed by atoms with Gasteiger partial charge in [-0.05, 0) is 113 Å². The summed E-state index contributed by atoms with van der Waals surface area (Å²) in [5.74, 6) is 3.61. The van der Waals surface area contributed by atoms with Crippen LogP contribution in [0.1, 0.15) is 79.1 Å². The molecule has 0 aromatic heterocycles. The zero-order chi connectivity index (χ0) is 29.4. The van der Waals surface area contributed by atoms with Crippen LogP contribution < -0.4 is 0 Å². The summed E-state index contributed by atoms with van der Waals surface area (Å²) in [6, 6.07) is 0.877. The Morgan fingerprint density at radius 1 is 0.641 bits per heavy atom. The second-order valence-electron chi connectivity index (χ2n) is 14.7. The molecule has 0 amide bonds. The van der Waals surface area contributed by atoms with Crippen LogP contribution in [-0.4, -0.2) is 53.4 Å². The molecule has 0 aromatic carbocycles. The van der Waals surface area contributed by atoms with Gasteiger partial charge in [0.15, 0.2) is 16.6 Å². The number of hydrogen-bond acceptors (Lipinski definition) is 4. The first kappa shape index (κ1) is 36.3. The predicted octanol–water partition coefficient (Wildman–Crippen LogP) is 9.94. The fourth-order valence-corrected chi connectivity index (χ4v) is 8.05. The summed E-state index contributed by atoms with van der Waals surface area (Å²) in [4.78, 5) is 11.2. The van der Waals surface area contributed by atoms with Gasteiger partial charge in [0, 0.05) is 13.2 Å². The van der Waals surface area contributed by atoms with Gasteiger partial charge in [0.05, 0.1) is 23.5 Å². The van der Waals surface area contributed by atoms with Crippen molar-refractivity contribution in [1.82, 2.24) is 0 Å².